The molecule has 1 aromatic heterocycles. The molecule has 1 aliphatic rings. The quantitative estimate of drug-likeness (QED) is 0.531. The molecule has 0 aliphatic carbocycles. The fraction of sp³-hybridized carbons (Fsp3) is 0.136. The van der Waals surface area contributed by atoms with Crippen LogP contribution < -0.4 is 9.64 Å². The number of rotatable bonds is 5. The second-order valence-corrected chi connectivity index (χ2v) is 7.80. The minimum Gasteiger partial charge on any atom is -0.497 e. The second-order valence-electron chi connectivity index (χ2n) is 6.41. The Morgan fingerprint density at radius 1 is 1.17 bits per heavy atom. The van der Waals surface area contributed by atoms with E-state index in [0.717, 1.165) is 33.9 Å². The number of pyridine rings is 1. The highest BCUT2D eigenvalue weighted by molar-refractivity contribution is 8.14. The second kappa shape index (κ2) is 8.68. The van der Waals surface area contributed by atoms with E-state index in [2.05, 4.69) is 9.88 Å². The molecule has 5 nitrogen and oxygen atoms in total. The fourth-order valence-corrected chi connectivity index (χ4v) is 4.25. The van der Waals surface area contributed by atoms with E-state index in [4.69, 9.17) is 21.3 Å². The first kappa shape index (κ1) is 19.5. The number of methoxy groups -OCH3 is 1. The Hall–Kier alpha value is -2.83. The number of amidine groups is 1. The number of benzene rings is 2. The van der Waals surface area contributed by atoms with Gasteiger partial charge in [-0.1, -0.05) is 29.8 Å². The van der Waals surface area contributed by atoms with Crippen molar-refractivity contribution in [3.05, 3.63) is 83.0 Å². The predicted molar refractivity (Wildman–Crippen MR) is 117 cm³/mol. The van der Waals surface area contributed by atoms with Crippen LogP contribution in [0.15, 0.2) is 76.9 Å². The smallest absolute Gasteiger partial charge is 0.171 e. The van der Waals surface area contributed by atoms with Crippen molar-refractivity contribution in [3.8, 4) is 5.75 Å². The van der Waals surface area contributed by atoms with Crippen molar-refractivity contribution >= 4 is 40.5 Å². The highest BCUT2D eigenvalue weighted by Crippen LogP contribution is 2.36. The first-order valence-corrected chi connectivity index (χ1v) is 10.2. The van der Waals surface area contributed by atoms with Crippen LogP contribution in [-0.2, 0) is 11.3 Å². The summed E-state index contributed by atoms with van der Waals surface area (Å²) < 4.78 is 5.36. The van der Waals surface area contributed by atoms with Crippen LogP contribution in [-0.4, -0.2) is 23.5 Å². The van der Waals surface area contributed by atoms with Crippen molar-refractivity contribution in [2.75, 3.05) is 12.0 Å². The van der Waals surface area contributed by atoms with Crippen LogP contribution in [0.2, 0.25) is 5.02 Å². The van der Waals surface area contributed by atoms with Crippen LogP contribution in [0.3, 0.4) is 0 Å². The number of ether oxygens (including phenoxy) is 1. The van der Waals surface area contributed by atoms with E-state index < -0.39 is 6.04 Å². The Kier molecular flexibility index (Phi) is 5.83. The summed E-state index contributed by atoms with van der Waals surface area (Å²) in [7, 11) is 1.65. The third-order valence-corrected chi connectivity index (χ3v) is 5.82. The van der Waals surface area contributed by atoms with Crippen LogP contribution in [0, 0.1) is 0 Å². The zero-order valence-electron chi connectivity index (χ0n) is 15.7. The molecular formula is C22H18ClN3O2S. The predicted octanol–water partition coefficient (Wildman–Crippen LogP) is 5.15. The van der Waals surface area contributed by atoms with Crippen molar-refractivity contribution in [1.29, 1.82) is 0 Å². The normalized spacial score (nSPS) is 15.2. The molecule has 29 heavy (non-hydrogen) atoms. The Balaban J connectivity index is 1.75. The van der Waals surface area contributed by atoms with E-state index in [9.17, 15) is 4.79 Å². The van der Waals surface area contributed by atoms with E-state index in [1.165, 1.54) is 11.8 Å². The van der Waals surface area contributed by atoms with Gasteiger partial charge in [-0.15, -0.1) is 0 Å². The summed E-state index contributed by atoms with van der Waals surface area (Å²) in [5, 5.41) is 2.16. The first-order chi connectivity index (χ1) is 14.2. The molecule has 146 valence electrons. The van der Waals surface area contributed by atoms with Gasteiger partial charge in [0.1, 0.15) is 23.1 Å². The van der Waals surface area contributed by atoms with Gasteiger partial charge < -0.3 is 14.4 Å². The topological polar surface area (TPSA) is 54.8 Å². The number of thioether (sulfide) groups is 1. The molecule has 0 amide bonds. The van der Waals surface area contributed by atoms with E-state index in [-0.39, 0.29) is 0 Å². The average Bonchev–Trinajstić information content (AvgIpc) is 2.77. The standard InChI is InChI=1S/C22H18ClN3O2S/c1-28-18-5-2-4-15(12-18)13-26(17-9-7-16(23)8-10-17)22-25-20(14-27)19-6-3-11-24-21(19)29-22/h2-12,14,20H,13H2,1H3. The Morgan fingerprint density at radius 3 is 2.76 bits per heavy atom. The molecule has 0 bridgehead atoms. The minimum atomic E-state index is -0.574. The van der Waals surface area contributed by atoms with Gasteiger partial charge >= 0.3 is 0 Å². The number of nitrogens with zero attached hydrogens (tertiary/aromatic N) is 3. The number of halogens is 1. The molecule has 1 unspecified atom stereocenters. The largest absolute Gasteiger partial charge is 0.497 e. The summed E-state index contributed by atoms with van der Waals surface area (Å²) in [6.07, 6.45) is 2.58. The zero-order chi connectivity index (χ0) is 20.2. The van der Waals surface area contributed by atoms with Gasteiger partial charge in [-0.2, -0.15) is 0 Å². The van der Waals surface area contributed by atoms with Gasteiger partial charge in [-0.3, -0.25) is 0 Å². The number of anilines is 1. The van der Waals surface area contributed by atoms with E-state index in [1.807, 2.05) is 60.7 Å². The van der Waals surface area contributed by atoms with E-state index >= 15 is 0 Å². The molecule has 0 radical (unpaired) electrons. The monoisotopic (exact) mass is 423 g/mol. The number of aliphatic imine (C=N–C) groups is 1. The maximum Gasteiger partial charge on any atom is 0.171 e. The fourth-order valence-electron chi connectivity index (χ4n) is 3.09. The summed E-state index contributed by atoms with van der Waals surface area (Å²) in [4.78, 5) is 22.9. The summed E-state index contributed by atoms with van der Waals surface area (Å²) in [6.45, 7) is 0.554. The molecule has 7 heteroatoms. The molecular weight excluding hydrogens is 406 g/mol. The number of hydrogen-bond donors (Lipinski definition) is 0. The number of carbonyl (C=O) groups excluding carboxylic acids is 1. The first-order valence-electron chi connectivity index (χ1n) is 9.00. The third-order valence-electron chi connectivity index (χ3n) is 4.53. The molecule has 4 rings (SSSR count). The van der Waals surface area contributed by atoms with E-state index in [1.54, 1.807) is 13.3 Å². The van der Waals surface area contributed by atoms with Crippen LogP contribution >= 0.6 is 23.4 Å². The van der Waals surface area contributed by atoms with Crippen molar-refractivity contribution in [2.24, 2.45) is 4.99 Å². The lowest BCUT2D eigenvalue weighted by molar-refractivity contribution is -0.109. The van der Waals surface area contributed by atoms with Gasteiger partial charge in [0.15, 0.2) is 5.17 Å². The van der Waals surface area contributed by atoms with Crippen LogP contribution in [0.4, 0.5) is 5.69 Å². The highest BCUT2D eigenvalue weighted by Gasteiger charge is 2.27. The average molecular weight is 424 g/mol. The number of aldehydes is 1. The maximum atomic E-state index is 11.7. The Morgan fingerprint density at radius 2 is 2.00 bits per heavy atom. The number of carbonyl (C=O) groups is 1. The van der Waals surface area contributed by atoms with Gasteiger partial charge in [0, 0.05) is 22.5 Å². The number of aromatic nitrogens is 1. The molecule has 0 saturated carbocycles. The SMILES string of the molecule is COc1cccc(CN(C2=NC(C=O)c3cccnc3S2)c2ccc(Cl)cc2)c1. The van der Waals surface area contributed by atoms with Crippen molar-refractivity contribution in [3.63, 3.8) is 0 Å². The molecule has 0 fully saturated rings. The van der Waals surface area contributed by atoms with Gasteiger partial charge in [0.2, 0.25) is 0 Å². The van der Waals surface area contributed by atoms with Crippen LogP contribution in [0.1, 0.15) is 17.2 Å². The summed E-state index contributed by atoms with van der Waals surface area (Å²) in [5.41, 5.74) is 2.80. The highest BCUT2D eigenvalue weighted by atomic mass is 35.5. The summed E-state index contributed by atoms with van der Waals surface area (Å²) >= 11 is 7.54. The van der Waals surface area contributed by atoms with Gasteiger partial charge in [0.25, 0.3) is 0 Å². The Bertz CT molecular complexity index is 1060. The summed E-state index contributed by atoms with van der Waals surface area (Å²) in [5.74, 6) is 0.787. The molecule has 0 saturated heterocycles. The molecule has 3 aromatic rings. The van der Waals surface area contributed by atoms with Crippen LogP contribution in [0.5, 0.6) is 5.75 Å². The van der Waals surface area contributed by atoms with Gasteiger partial charge in [-0.25, -0.2) is 9.98 Å². The lowest BCUT2D eigenvalue weighted by Crippen LogP contribution is -2.30. The minimum absolute atomic E-state index is 0.554. The molecule has 1 atom stereocenters. The number of hydrogen-bond acceptors (Lipinski definition) is 6. The zero-order valence-corrected chi connectivity index (χ0v) is 17.2. The maximum absolute atomic E-state index is 11.7. The van der Waals surface area contributed by atoms with E-state index in [0.29, 0.717) is 16.7 Å². The Labute approximate surface area is 178 Å². The van der Waals surface area contributed by atoms with Crippen molar-refractivity contribution in [1.82, 2.24) is 4.98 Å². The molecule has 2 heterocycles. The molecule has 0 N–H and O–H groups in total. The molecule has 2 aromatic carbocycles. The number of fused-ring (bicyclic) bond motifs is 1. The summed E-state index contributed by atoms with van der Waals surface area (Å²) in [6, 6.07) is 18.6. The van der Waals surface area contributed by atoms with Gasteiger partial charge in [-0.05, 0) is 59.8 Å². The van der Waals surface area contributed by atoms with Crippen LogP contribution in [0.25, 0.3) is 0 Å². The van der Waals surface area contributed by atoms with Gasteiger partial charge in [0.05, 0.1) is 13.7 Å². The van der Waals surface area contributed by atoms with Crippen molar-refractivity contribution in [2.45, 2.75) is 17.6 Å². The third kappa shape index (κ3) is 4.28. The lowest BCUT2D eigenvalue weighted by Gasteiger charge is -2.29. The molecule has 0 spiro atoms. The van der Waals surface area contributed by atoms with Crippen molar-refractivity contribution < 1.29 is 9.53 Å². The lowest BCUT2D eigenvalue weighted by atomic mass is 10.1. The molecule has 1 aliphatic heterocycles.